The Kier molecular flexibility index (Phi) is 11.9. The molecule has 0 saturated heterocycles. The number of nitrogens with two attached hydrogens (primary N) is 2. The molecule has 8 N–H and O–H groups in total. The summed E-state index contributed by atoms with van der Waals surface area (Å²) in [6.45, 7) is 8.15. The molecular formula is C17H30N3O3P. The summed E-state index contributed by atoms with van der Waals surface area (Å²) in [6.07, 6.45) is 3.20. The molecule has 7 heteroatoms. The fraction of sp³-hybridized carbons (Fsp3) is 0.412. The number of unbranched alkanes of at least 4 members (excludes halogenated alkanes) is 1. The molecule has 136 valence electrons. The normalized spacial score (nSPS) is 12.5. The van der Waals surface area contributed by atoms with Crippen molar-refractivity contribution < 1.29 is 15.1 Å². The second-order valence-electron chi connectivity index (χ2n) is 5.52. The minimum atomic E-state index is -0.347. The Hall–Kier alpha value is -1.59. The number of phenols is 1. The quantitative estimate of drug-likeness (QED) is 0.216. The average Bonchev–Trinajstić information content (AvgIpc) is 2.57. The van der Waals surface area contributed by atoms with Crippen LogP contribution in [0.2, 0.25) is 0 Å². The maximum absolute atomic E-state index is 9.25. The van der Waals surface area contributed by atoms with Crippen LogP contribution < -0.4 is 16.8 Å². The molecule has 0 aliphatic carbocycles. The van der Waals surface area contributed by atoms with Gasteiger partial charge in [0.1, 0.15) is 11.5 Å². The first kappa shape index (κ1) is 22.4. The number of benzene rings is 1. The predicted molar refractivity (Wildman–Crippen MR) is 102 cm³/mol. The van der Waals surface area contributed by atoms with E-state index in [9.17, 15) is 5.11 Å². The van der Waals surface area contributed by atoms with Gasteiger partial charge in [0, 0.05) is 18.3 Å². The van der Waals surface area contributed by atoms with E-state index in [0.29, 0.717) is 12.8 Å². The number of aliphatic hydroxyl groups is 1. The Balaban J connectivity index is 0.00000254. The van der Waals surface area contributed by atoms with Gasteiger partial charge in [0.2, 0.25) is 0 Å². The summed E-state index contributed by atoms with van der Waals surface area (Å²) < 4.78 is 0. The number of phenolic OH excluding ortho intramolecular Hbond substituents is 1. The molecule has 0 amide bonds. The summed E-state index contributed by atoms with van der Waals surface area (Å²) in [5.74, 6) is 0.284. The summed E-state index contributed by atoms with van der Waals surface area (Å²) in [5, 5.41) is 21.6. The molecule has 0 aliphatic rings. The van der Waals surface area contributed by atoms with Crippen LogP contribution in [0.3, 0.4) is 0 Å². The molecule has 24 heavy (non-hydrogen) atoms. The van der Waals surface area contributed by atoms with Crippen molar-refractivity contribution in [3.8, 4) is 5.75 Å². The summed E-state index contributed by atoms with van der Waals surface area (Å²) in [4.78, 5) is 6.92. The number of rotatable bonds is 10. The van der Waals surface area contributed by atoms with Gasteiger partial charge in [-0.1, -0.05) is 25.3 Å². The van der Waals surface area contributed by atoms with Crippen LogP contribution in [0, 0.1) is 0 Å². The minimum Gasteiger partial charge on any atom is -0.511 e. The van der Waals surface area contributed by atoms with Crippen molar-refractivity contribution in [1.29, 1.82) is 0 Å². The van der Waals surface area contributed by atoms with Gasteiger partial charge < -0.3 is 31.9 Å². The van der Waals surface area contributed by atoms with Gasteiger partial charge in [0.05, 0.1) is 6.04 Å². The van der Waals surface area contributed by atoms with E-state index in [2.05, 4.69) is 18.5 Å². The monoisotopic (exact) mass is 355 g/mol. The van der Waals surface area contributed by atoms with E-state index in [0.717, 1.165) is 30.6 Å². The van der Waals surface area contributed by atoms with Crippen LogP contribution in [0.5, 0.6) is 5.75 Å². The van der Waals surface area contributed by atoms with Crippen molar-refractivity contribution in [2.24, 2.45) is 11.5 Å². The van der Waals surface area contributed by atoms with Crippen LogP contribution in [0.4, 0.5) is 0 Å². The Bertz CT molecular complexity index is 494. The summed E-state index contributed by atoms with van der Waals surface area (Å²) in [6, 6.07) is 6.48. The van der Waals surface area contributed by atoms with Gasteiger partial charge in [0.15, 0.2) is 0 Å². The zero-order valence-electron chi connectivity index (χ0n) is 14.0. The van der Waals surface area contributed by atoms with Gasteiger partial charge in [-0.25, -0.2) is 0 Å². The lowest BCUT2D eigenvalue weighted by atomic mass is 10.0. The van der Waals surface area contributed by atoms with Crippen molar-refractivity contribution >= 4 is 9.47 Å². The standard InChI is InChI=1S/C17H27N3O2.H3OP/c1-12(20-10-4-3-5-16(18)13(2)21)17(19)11-14-6-8-15(22)9-7-14;1-2/h6-9,16-17,20-22H,1-5,10-11,18-19H2;1H,2H2. The highest BCUT2D eigenvalue weighted by atomic mass is 31.0. The van der Waals surface area contributed by atoms with Crippen molar-refractivity contribution in [3.05, 3.63) is 54.4 Å². The maximum Gasteiger partial charge on any atom is 0.115 e. The molecule has 3 unspecified atom stereocenters. The molecule has 0 radical (unpaired) electrons. The first-order valence-electron chi connectivity index (χ1n) is 7.75. The lowest BCUT2D eigenvalue weighted by Crippen LogP contribution is -2.33. The van der Waals surface area contributed by atoms with E-state index < -0.39 is 0 Å². The Morgan fingerprint density at radius 3 is 2.21 bits per heavy atom. The summed E-state index contributed by atoms with van der Waals surface area (Å²) in [7, 11) is 1.42. The SMILES string of the molecule is C=C(O)C(N)CCCCNC(=C)C(N)Cc1ccc(O)cc1.OP. The molecule has 6 nitrogen and oxygen atoms in total. The first-order valence-corrected chi connectivity index (χ1v) is 8.27. The largest absolute Gasteiger partial charge is 0.511 e. The Morgan fingerprint density at radius 2 is 1.67 bits per heavy atom. The smallest absolute Gasteiger partial charge is 0.115 e. The molecule has 3 atom stereocenters. The fourth-order valence-electron chi connectivity index (χ4n) is 2.05. The van der Waals surface area contributed by atoms with Crippen LogP contribution in [0.25, 0.3) is 0 Å². The molecule has 0 aliphatic heterocycles. The van der Waals surface area contributed by atoms with E-state index in [1.165, 1.54) is 9.47 Å². The third-order valence-electron chi connectivity index (χ3n) is 3.56. The average molecular weight is 355 g/mol. The molecule has 0 aromatic heterocycles. The van der Waals surface area contributed by atoms with E-state index in [1.54, 1.807) is 12.1 Å². The van der Waals surface area contributed by atoms with Gasteiger partial charge >= 0.3 is 0 Å². The second-order valence-corrected chi connectivity index (χ2v) is 5.52. The Morgan fingerprint density at radius 1 is 1.08 bits per heavy atom. The van der Waals surface area contributed by atoms with Crippen LogP contribution >= 0.6 is 9.47 Å². The predicted octanol–water partition coefficient (Wildman–Crippen LogP) is 1.70. The van der Waals surface area contributed by atoms with Crippen LogP contribution in [-0.2, 0) is 6.42 Å². The maximum atomic E-state index is 9.25. The Labute approximate surface area is 146 Å². The van der Waals surface area contributed by atoms with Crippen molar-refractivity contribution in [2.75, 3.05) is 6.54 Å². The van der Waals surface area contributed by atoms with Crippen molar-refractivity contribution in [1.82, 2.24) is 5.32 Å². The highest BCUT2D eigenvalue weighted by Crippen LogP contribution is 2.12. The third-order valence-corrected chi connectivity index (χ3v) is 3.56. The number of aliphatic hydroxyl groups excluding tert-OH is 1. The second kappa shape index (κ2) is 12.8. The molecule has 0 fully saturated rings. The van der Waals surface area contributed by atoms with Crippen LogP contribution in [-0.4, -0.2) is 33.7 Å². The summed E-state index contributed by atoms with van der Waals surface area (Å²) >= 11 is 0. The molecule has 0 heterocycles. The molecule has 0 bridgehead atoms. The summed E-state index contributed by atoms with van der Waals surface area (Å²) in [5.41, 5.74) is 13.6. The van der Waals surface area contributed by atoms with Gasteiger partial charge in [0.25, 0.3) is 0 Å². The first-order chi connectivity index (χ1) is 11.4. The zero-order chi connectivity index (χ0) is 18.5. The van der Waals surface area contributed by atoms with E-state index in [4.69, 9.17) is 21.5 Å². The van der Waals surface area contributed by atoms with Crippen LogP contribution in [0.1, 0.15) is 24.8 Å². The van der Waals surface area contributed by atoms with Crippen molar-refractivity contribution in [2.45, 2.75) is 37.8 Å². The number of hydrogen-bond donors (Lipinski definition) is 6. The number of hydrogen-bond acceptors (Lipinski definition) is 6. The van der Waals surface area contributed by atoms with E-state index in [1.807, 2.05) is 12.1 Å². The topological polar surface area (TPSA) is 125 Å². The molecule has 1 aromatic rings. The molecule has 0 spiro atoms. The molecule has 1 rings (SSSR count). The number of aromatic hydroxyl groups is 1. The highest BCUT2D eigenvalue weighted by Gasteiger charge is 2.08. The van der Waals surface area contributed by atoms with Gasteiger partial charge in [-0.3, -0.25) is 0 Å². The van der Waals surface area contributed by atoms with Gasteiger partial charge in [-0.2, -0.15) is 0 Å². The third kappa shape index (κ3) is 9.53. The number of nitrogens with one attached hydrogen (secondary N) is 1. The minimum absolute atomic E-state index is 0.0355. The lowest BCUT2D eigenvalue weighted by molar-refractivity contribution is 0.358. The van der Waals surface area contributed by atoms with Gasteiger partial charge in [-0.15, -0.1) is 0 Å². The van der Waals surface area contributed by atoms with E-state index in [-0.39, 0.29) is 23.6 Å². The van der Waals surface area contributed by atoms with Crippen molar-refractivity contribution in [3.63, 3.8) is 0 Å². The highest BCUT2D eigenvalue weighted by molar-refractivity contribution is 7.08. The molecule has 0 saturated carbocycles. The molecular weight excluding hydrogens is 325 g/mol. The lowest BCUT2D eigenvalue weighted by Gasteiger charge is -2.17. The van der Waals surface area contributed by atoms with Crippen LogP contribution in [0.15, 0.2) is 48.9 Å². The van der Waals surface area contributed by atoms with Gasteiger partial charge in [-0.05, 0) is 52.8 Å². The van der Waals surface area contributed by atoms with E-state index >= 15 is 0 Å². The zero-order valence-corrected chi connectivity index (χ0v) is 15.1. The fourth-order valence-corrected chi connectivity index (χ4v) is 2.05. The molecule has 1 aromatic carbocycles.